The minimum absolute atomic E-state index is 0.496. The van der Waals surface area contributed by atoms with Crippen LogP contribution in [0.1, 0.15) is 19.8 Å². The van der Waals surface area contributed by atoms with E-state index >= 15 is 0 Å². The molecule has 4 nitrogen and oxygen atoms in total. The van der Waals surface area contributed by atoms with Crippen molar-refractivity contribution in [3.63, 3.8) is 0 Å². The Morgan fingerprint density at radius 2 is 1.69 bits per heavy atom. The predicted octanol–water partition coefficient (Wildman–Crippen LogP) is 1.40. The minimum Gasteiger partial charge on any atom is -0.379 e. The van der Waals surface area contributed by atoms with Gasteiger partial charge in [-0.1, -0.05) is 13.3 Å². The first-order valence-corrected chi connectivity index (χ1v) is 4.60. The molecule has 0 spiro atoms. The quantitative estimate of drug-likeness (QED) is 0.408. The Morgan fingerprint density at radius 3 is 2.23 bits per heavy atom. The molecule has 0 bridgehead atoms. The van der Waals surface area contributed by atoms with Gasteiger partial charge in [0.1, 0.15) is 0 Å². The van der Waals surface area contributed by atoms with E-state index in [1.165, 1.54) is 14.2 Å². The van der Waals surface area contributed by atoms with Gasteiger partial charge in [-0.25, -0.2) is 0 Å². The molecule has 0 saturated carbocycles. The van der Waals surface area contributed by atoms with Crippen molar-refractivity contribution in [3.05, 3.63) is 0 Å². The van der Waals surface area contributed by atoms with Crippen LogP contribution in [-0.4, -0.2) is 40.5 Å². The lowest BCUT2D eigenvalue weighted by Crippen LogP contribution is -2.20. The van der Waals surface area contributed by atoms with Crippen LogP contribution in [0.4, 0.5) is 0 Å². The second kappa shape index (κ2) is 9.92. The average Bonchev–Trinajstić information content (AvgIpc) is 2.17. The van der Waals surface area contributed by atoms with E-state index in [1.807, 2.05) is 0 Å². The van der Waals surface area contributed by atoms with Crippen LogP contribution in [0.2, 0.25) is 0 Å². The van der Waals surface area contributed by atoms with E-state index in [4.69, 9.17) is 18.9 Å². The maximum absolute atomic E-state index is 5.28. The second-order valence-corrected chi connectivity index (χ2v) is 2.60. The molecule has 0 unspecified atom stereocenters. The van der Waals surface area contributed by atoms with Gasteiger partial charge in [0.15, 0.2) is 0 Å². The first kappa shape index (κ1) is 12.8. The summed E-state index contributed by atoms with van der Waals surface area (Å²) in [5.74, 6) is 0. The molecule has 0 saturated heterocycles. The Morgan fingerprint density at radius 1 is 1.00 bits per heavy atom. The van der Waals surface area contributed by atoms with Crippen LogP contribution in [-0.2, 0) is 18.9 Å². The molecule has 0 aromatic rings. The van der Waals surface area contributed by atoms with Crippen molar-refractivity contribution in [2.45, 2.75) is 26.2 Å². The number of hydrogen-bond acceptors (Lipinski definition) is 4. The molecular formula is C9H20O4. The van der Waals surface area contributed by atoms with Gasteiger partial charge in [-0.3, -0.25) is 0 Å². The van der Waals surface area contributed by atoms with Crippen molar-refractivity contribution >= 4 is 0 Å². The van der Waals surface area contributed by atoms with E-state index in [-0.39, 0.29) is 0 Å². The summed E-state index contributed by atoms with van der Waals surface area (Å²) < 4.78 is 20.1. The average molecular weight is 192 g/mol. The van der Waals surface area contributed by atoms with E-state index in [0.29, 0.717) is 13.2 Å². The highest BCUT2D eigenvalue weighted by molar-refractivity contribution is 4.33. The summed E-state index contributed by atoms with van der Waals surface area (Å²) in [5, 5.41) is 0. The molecule has 0 radical (unpaired) electrons. The SMILES string of the molecule is CCCCOCCOC(OC)OC. The molecule has 80 valence electrons. The summed E-state index contributed by atoms with van der Waals surface area (Å²) in [5.41, 5.74) is 0. The highest BCUT2D eigenvalue weighted by atomic mass is 16.8. The van der Waals surface area contributed by atoms with Crippen LogP contribution in [0, 0.1) is 0 Å². The van der Waals surface area contributed by atoms with Gasteiger partial charge in [0.25, 0.3) is 6.48 Å². The second-order valence-electron chi connectivity index (χ2n) is 2.60. The minimum atomic E-state index is -0.574. The number of unbranched alkanes of at least 4 members (excludes halogenated alkanes) is 1. The van der Waals surface area contributed by atoms with Gasteiger partial charge in [-0.2, -0.15) is 0 Å². The van der Waals surface area contributed by atoms with Crippen molar-refractivity contribution in [2.24, 2.45) is 0 Å². The monoisotopic (exact) mass is 192 g/mol. The van der Waals surface area contributed by atoms with Crippen molar-refractivity contribution in [3.8, 4) is 0 Å². The van der Waals surface area contributed by atoms with Crippen LogP contribution in [0.3, 0.4) is 0 Å². The van der Waals surface area contributed by atoms with Gasteiger partial charge in [-0.05, 0) is 6.42 Å². The van der Waals surface area contributed by atoms with Crippen LogP contribution < -0.4 is 0 Å². The molecule has 0 rings (SSSR count). The third-order valence-corrected chi connectivity index (χ3v) is 1.51. The van der Waals surface area contributed by atoms with E-state index in [0.717, 1.165) is 19.4 Å². The zero-order valence-corrected chi connectivity index (χ0v) is 8.75. The Balaban J connectivity index is 3.05. The third-order valence-electron chi connectivity index (χ3n) is 1.51. The molecular weight excluding hydrogens is 172 g/mol. The van der Waals surface area contributed by atoms with E-state index in [9.17, 15) is 0 Å². The van der Waals surface area contributed by atoms with Gasteiger partial charge in [0, 0.05) is 20.8 Å². The molecule has 0 aromatic heterocycles. The standard InChI is InChI=1S/C9H20O4/c1-4-5-6-12-7-8-13-9(10-2)11-3/h9H,4-8H2,1-3H3. The van der Waals surface area contributed by atoms with E-state index in [2.05, 4.69) is 6.92 Å². The molecule has 4 heteroatoms. The largest absolute Gasteiger partial charge is 0.379 e. The van der Waals surface area contributed by atoms with Crippen molar-refractivity contribution in [1.29, 1.82) is 0 Å². The van der Waals surface area contributed by atoms with E-state index in [1.54, 1.807) is 0 Å². The Kier molecular flexibility index (Phi) is 9.80. The maximum atomic E-state index is 5.28. The van der Waals surface area contributed by atoms with Gasteiger partial charge in [-0.15, -0.1) is 0 Å². The first-order valence-electron chi connectivity index (χ1n) is 4.60. The fraction of sp³-hybridized carbons (Fsp3) is 1.00. The normalized spacial score (nSPS) is 11.1. The smallest absolute Gasteiger partial charge is 0.271 e. The highest BCUT2D eigenvalue weighted by Crippen LogP contribution is 1.93. The molecule has 0 aromatic carbocycles. The molecule has 13 heavy (non-hydrogen) atoms. The van der Waals surface area contributed by atoms with Gasteiger partial charge in [0.2, 0.25) is 0 Å². The maximum Gasteiger partial charge on any atom is 0.271 e. The number of rotatable bonds is 9. The molecule has 0 aliphatic carbocycles. The van der Waals surface area contributed by atoms with Gasteiger partial charge >= 0.3 is 0 Å². The predicted molar refractivity (Wildman–Crippen MR) is 49.5 cm³/mol. The zero-order valence-electron chi connectivity index (χ0n) is 8.75. The topological polar surface area (TPSA) is 36.9 Å². The summed E-state index contributed by atoms with van der Waals surface area (Å²) >= 11 is 0. The first-order chi connectivity index (χ1) is 6.35. The van der Waals surface area contributed by atoms with Crippen LogP contribution >= 0.6 is 0 Å². The Bertz CT molecular complexity index is 93.6. The molecule has 0 atom stereocenters. The lowest BCUT2D eigenvalue weighted by molar-refractivity contribution is -0.268. The number of methoxy groups -OCH3 is 2. The molecule has 0 aliphatic heterocycles. The molecule has 0 fully saturated rings. The third kappa shape index (κ3) is 8.18. The fourth-order valence-electron chi connectivity index (χ4n) is 0.784. The molecule has 0 heterocycles. The highest BCUT2D eigenvalue weighted by Gasteiger charge is 2.02. The number of ether oxygens (including phenoxy) is 4. The molecule has 0 aliphatic rings. The summed E-state index contributed by atoms with van der Waals surface area (Å²) in [6, 6.07) is 0. The van der Waals surface area contributed by atoms with Crippen molar-refractivity contribution in [1.82, 2.24) is 0 Å². The van der Waals surface area contributed by atoms with Crippen LogP contribution in [0.25, 0.3) is 0 Å². The zero-order chi connectivity index (χ0) is 9.94. The molecule has 0 amide bonds. The summed E-state index contributed by atoms with van der Waals surface area (Å²) in [7, 11) is 3.07. The van der Waals surface area contributed by atoms with Gasteiger partial charge < -0.3 is 18.9 Å². The summed E-state index contributed by atoms with van der Waals surface area (Å²) in [6.07, 6.45) is 2.25. The molecule has 0 N–H and O–H groups in total. The fourth-order valence-corrected chi connectivity index (χ4v) is 0.784. The Hall–Kier alpha value is -0.160. The van der Waals surface area contributed by atoms with Crippen LogP contribution in [0.5, 0.6) is 0 Å². The summed E-state index contributed by atoms with van der Waals surface area (Å²) in [6.45, 7) is 3.44. The lowest BCUT2D eigenvalue weighted by Gasteiger charge is -2.13. The van der Waals surface area contributed by atoms with E-state index < -0.39 is 6.48 Å². The van der Waals surface area contributed by atoms with Crippen molar-refractivity contribution in [2.75, 3.05) is 34.0 Å². The summed E-state index contributed by atoms with van der Waals surface area (Å²) in [4.78, 5) is 0. The van der Waals surface area contributed by atoms with Crippen molar-refractivity contribution < 1.29 is 18.9 Å². The lowest BCUT2D eigenvalue weighted by atomic mass is 10.4. The van der Waals surface area contributed by atoms with Gasteiger partial charge in [0.05, 0.1) is 13.2 Å². The Labute approximate surface area is 80.1 Å². The number of hydrogen-bond donors (Lipinski definition) is 0. The van der Waals surface area contributed by atoms with Crippen LogP contribution in [0.15, 0.2) is 0 Å².